The van der Waals surface area contributed by atoms with Crippen molar-refractivity contribution in [2.75, 3.05) is 5.32 Å². The fourth-order valence-corrected chi connectivity index (χ4v) is 2.78. The molecule has 0 saturated heterocycles. The minimum atomic E-state index is -1.07. The smallest absolute Gasteiger partial charge is 0.307 e. The minimum absolute atomic E-state index is 0.112. The van der Waals surface area contributed by atoms with Gasteiger partial charge in [-0.1, -0.05) is 23.7 Å². The molecule has 1 aromatic rings. The zero-order valence-electron chi connectivity index (χ0n) is 12.3. The highest BCUT2D eigenvalue weighted by Crippen LogP contribution is 2.33. The molecule has 0 heterocycles. The molecule has 122 valence electrons. The second-order valence-electron chi connectivity index (χ2n) is 5.39. The number of anilines is 1. The molecule has 1 aliphatic rings. The molecular weight excluding hydrogens is 324 g/mol. The van der Waals surface area contributed by atoms with Crippen molar-refractivity contribution in [2.45, 2.75) is 19.8 Å². The summed E-state index contributed by atoms with van der Waals surface area (Å²) in [5.74, 6) is -3.26. The number of hydrogen-bond acceptors (Lipinski definition) is 4. The summed E-state index contributed by atoms with van der Waals surface area (Å²) in [6.07, 6.45) is 1.92. The van der Waals surface area contributed by atoms with Crippen molar-refractivity contribution in [1.82, 2.24) is 0 Å². The van der Waals surface area contributed by atoms with Gasteiger partial charge in [0, 0.05) is 22.3 Å². The second-order valence-corrected chi connectivity index (χ2v) is 5.88. The van der Waals surface area contributed by atoms with Gasteiger partial charge in [0.2, 0.25) is 5.91 Å². The number of carboxylic acids is 1. The number of nitrogens with zero attached hydrogens (tertiary/aromatic N) is 1. The zero-order valence-corrected chi connectivity index (χ0v) is 13.0. The van der Waals surface area contributed by atoms with Crippen LogP contribution < -0.4 is 5.32 Å². The third-order valence-electron chi connectivity index (χ3n) is 3.82. The van der Waals surface area contributed by atoms with Crippen molar-refractivity contribution < 1.29 is 19.6 Å². The van der Waals surface area contributed by atoms with Crippen LogP contribution in [0.2, 0.25) is 0 Å². The molecule has 1 aliphatic carbocycles. The number of nitro groups is 1. The lowest BCUT2D eigenvalue weighted by Crippen LogP contribution is -2.35. The first-order chi connectivity index (χ1) is 10.8. The first kappa shape index (κ1) is 17.0. The summed E-state index contributed by atoms with van der Waals surface area (Å²) < 4.78 is 0. The molecule has 0 spiro atoms. The van der Waals surface area contributed by atoms with Gasteiger partial charge in [0.05, 0.1) is 16.8 Å². The molecule has 1 aromatic carbocycles. The van der Waals surface area contributed by atoms with E-state index in [1.165, 1.54) is 18.2 Å². The molecule has 2 N–H and O–H groups in total. The number of carboxylic acid groups (broad SMARTS) is 1. The van der Waals surface area contributed by atoms with Gasteiger partial charge in [-0.3, -0.25) is 19.7 Å². The van der Waals surface area contributed by atoms with Gasteiger partial charge in [-0.05, 0) is 25.8 Å². The molecule has 2 rings (SSSR count). The van der Waals surface area contributed by atoms with E-state index >= 15 is 0 Å². The number of nitrogens with one attached hydrogen (secondary N) is 1. The number of aryl methyl sites for hydroxylation is 1. The van der Waals surface area contributed by atoms with Crippen LogP contribution in [0.5, 0.6) is 0 Å². The SMILES string of the molecule is Cc1ccc(NC(=O)[C@@H]2CC(Cl)=CC[C@H]2C(=O)O)cc1[N+](=O)[O-]. The molecule has 8 heteroatoms. The largest absolute Gasteiger partial charge is 0.481 e. The normalized spacial score (nSPS) is 20.5. The third kappa shape index (κ3) is 3.87. The van der Waals surface area contributed by atoms with Crippen LogP contribution in [0.1, 0.15) is 18.4 Å². The molecule has 7 nitrogen and oxygen atoms in total. The van der Waals surface area contributed by atoms with Crippen LogP contribution in [0.15, 0.2) is 29.3 Å². The van der Waals surface area contributed by atoms with E-state index in [-0.39, 0.29) is 24.2 Å². The summed E-state index contributed by atoms with van der Waals surface area (Å²) in [4.78, 5) is 34.0. The van der Waals surface area contributed by atoms with Crippen LogP contribution in [0.25, 0.3) is 0 Å². The maximum atomic E-state index is 12.4. The Balaban J connectivity index is 2.21. The Labute approximate surface area is 137 Å². The quantitative estimate of drug-likeness (QED) is 0.647. The van der Waals surface area contributed by atoms with Crippen LogP contribution in [0, 0.1) is 28.9 Å². The molecule has 0 radical (unpaired) electrons. The van der Waals surface area contributed by atoms with E-state index in [9.17, 15) is 24.8 Å². The number of allylic oxidation sites excluding steroid dienone is 2. The Morgan fingerprint density at radius 2 is 2.09 bits per heavy atom. The van der Waals surface area contributed by atoms with Gasteiger partial charge in [-0.2, -0.15) is 0 Å². The van der Waals surface area contributed by atoms with Gasteiger partial charge in [-0.15, -0.1) is 0 Å². The van der Waals surface area contributed by atoms with Gasteiger partial charge >= 0.3 is 5.97 Å². The molecule has 0 aromatic heterocycles. The molecule has 2 atom stereocenters. The van der Waals surface area contributed by atoms with E-state index in [0.29, 0.717) is 10.6 Å². The summed E-state index contributed by atoms with van der Waals surface area (Å²) in [5, 5.41) is 23.1. The Hall–Kier alpha value is -2.41. The average molecular weight is 339 g/mol. The molecule has 0 aliphatic heterocycles. The average Bonchev–Trinajstić information content (AvgIpc) is 2.48. The number of nitro benzene ring substituents is 1. The monoisotopic (exact) mass is 338 g/mol. The van der Waals surface area contributed by atoms with E-state index < -0.39 is 28.6 Å². The highest BCUT2D eigenvalue weighted by atomic mass is 35.5. The zero-order chi connectivity index (χ0) is 17.1. The maximum absolute atomic E-state index is 12.4. The molecule has 0 saturated carbocycles. The van der Waals surface area contributed by atoms with Gasteiger partial charge in [-0.25, -0.2) is 0 Å². The van der Waals surface area contributed by atoms with E-state index in [0.717, 1.165) is 0 Å². The molecule has 0 fully saturated rings. The molecule has 23 heavy (non-hydrogen) atoms. The Morgan fingerprint density at radius 3 is 2.70 bits per heavy atom. The standard InChI is InChI=1S/C15H15ClN2O5/c1-8-2-4-10(7-13(8)18(22)23)17-14(19)12-6-9(16)3-5-11(12)15(20)21/h2-4,7,11-12H,5-6H2,1H3,(H,17,19)(H,20,21)/t11-,12-/m1/s1. The lowest BCUT2D eigenvalue weighted by molar-refractivity contribution is -0.385. The van der Waals surface area contributed by atoms with Crippen molar-refractivity contribution in [3.05, 3.63) is 45.0 Å². The van der Waals surface area contributed by atoms with Crippen molar-refractivity contribution >= 4 is 34.9 Å². The van der Waals surface area contributed by atoms with Crippen LogP contribution in [-0.4, -0.2) is 21.9 Å². The summed E-state index contributed by atoms with van der Waals surface area (Å²) >= 11 is 5.91. The molecule has 0 bridgehead atoms. The fraction of sp³-hybridized carbons (Fsp3) is 0.333. The number of aliphatic carboxylic acids is 1. The van der Waals surface area contributed by atoms with Crippen molar-refractivity contribution in [2.24, 2.45) is 11.8 Å². The Bertz CT molecular complexity index is 701. The summed E-state index contributed by atoms with van der Waals surface area (Å²) in [6, 6.07) is 4.32. The second kappa shape index (κ2) is 6.78. The van der Waals surface area contributed by atoms with Gasteiger partial charge in [0.15, 0.2) is 0 Å². The fourth-order valence-electron chi connectivity index (χ4n) is 2.52. The lowest BCUT2D eigenvalue weighted by Gasteiger charge is -2.25. The van der Waals surface area contributed by atoms with E-state index in [1.54, 1.807) is 13.0 Å². The van der Waals surface area contributed by atoms with Crippen molar-refractivity contribution in [3.63, 3.8) is 0 Å². The number of rotatable bonds is 4. The van der Waals surface area contributed by atoms with Crippen LogP contribution >= 0.6 is 11.6 Å². The number of carbonyl (C=O) groups is 2. The topological polar surface area (TPSA) is 110 Å². The van der Waals surface area contributed by atoms with Crippen LogP contribution in [0.4, 0.5) is 11.4 Å². The summed E-state index contributed by atoms with van der Waals surface area (Å²) in [7, 11) is 0. The molecule has 0 unspecified atom stereocenters. The predicted molar refractivity (Wildman–Crippen MR) is 84.2 cm³/mol. The third-order valence-corrected chi connectivity index (χ3v) is 4.13. The van der Waals surface area contributed by atoms with Crippen molar-refractivity contribution in [3.8, 4) is 0 Å². The van der Waals surface area contributed by atoms with E-state index in [4.69, 9.17) is 11.6 Å². The first-order valence-corrected chi connectivity index (χ1v) is 7.30. The number of carbonyl (C=O) groups excluding carboxylic acids is 1. The van der Waals surface area contributed by atoms with Crippen LogP contribution in [-0.2, 0) is 9.59 Å². The lowest BCUT2D eigenvalue weighted by atomic mass is 9.82. The van der Waals surface area contributed by atoms with Gasteiger partial charge < -0.3 is 10.4 Å². The van der Waals surface area contributed by atoms with E-state index in [2.05, 4.69) is 5.32 Å². The van der Waals surface area contributed by atoms with Crippen LogP contribution in [0.3, 0.4) is 0 Å². The maximum Gasteiger partial charge on any atom is 0.307 e. The first-order valence-electron chi connectivity index (χ1n) is 6.93. The highest BCUT2D eigenvalue weighted by molar-refractivity contribution is 6.29. The minimum Gasteiger partial charge on any atom is -0.481 e. The Kier molecular flexibility index (Phi) is 5.00. The predicted octanol–water partition coefficient (Wildman–Crippen LogP) is 3.08. The summed E-state index contributed by atoms with van der Waals surface area (Å²) in [6.45, 7) is 1.59. The van der Waals surface area contributed by atoms with Crippen molar-refractivity contribution in [1.29, 1.82) is 0 Å². The number of amides is 1. The number of benzene rings is 1. The molecular formula is C15H15ClN2O5. The molecule has 1 amide bonds. The van der Waals surface area contributed by atoms with Gasteiger partial charge in [0.1, 0.15) is 0 Å². The van der Waals surface area contributed by atoms with Gasteiger partial charge in [0.25, 0.3) is 5.69 Å². The number of hydrogen-bond donors (Lipinski definition) is 2. The summed E-state index contributed by atoms with van der Waals surface area (Å²) in [5.41, 5.74) is 0.612. The van der Waals surface area contributed by atoms with E-state index in [1.807, 2.05) is 0 Å². The highest BCUT2D eigenvalue weighted by Gasteiger charge is 2.36. The number of halogens is 1. The Morgan fingerprint density at radius 1 is 1.39 bits per heavy atom.